The van der Waals surface area contributed by atoms with Gasteiger partial charge in [-0.2, -0.15) is 0 Å². The summed E-state index contributed by atoms with van der Waals surface area (Å²) < 4.78 is 16.0. The number of ether oxygens (including phenoxy) is 3. The van der Waals surface area contributed by atoms with Crippen LogP contribution in [-0.4, -0.2) is 30.8 Å². The molecule has 0 spiro atoms. The number of nitrogens with zero attached hydrogens (tertiary/aromatic N) is 1. The maximum absolute atomic E-state index is 10.7. The number of benzene rings is 1. The molecule has 6 nitrogen and oxygen atoms in total. The lowest BCUT2D eigenvalue weighted by molar-refractivity contribution is -0.385. The van der Waals surface area contributed by atoms with E-state index in [1.54, 1.807) is 12.1 Å². The third-order valence-corrected chi connectivity index (χ3v) is 2.59. The minimum absolute atomic E-state index is 0.0306. The van der Waals surface area contributed by atoms with E-state index in [1.165, 1.54) is 12.1 Å². The van der Waals surface area contributed by atoms with Crippen molar-refractivity contribution in [1.29, 1.82) is 0 Å². The summed E-state index contributed by atoms with van der Waals surface area (Å²) >= 11 is 0. The predicted octanol–water partition coefficient (Wildman–Crippen LogP) is 2.33. The Kier molecular flexibility index (Phi) is 4.35. The SMILES string of the molecule is C=CCOc1cc([N+](=O)[O-])ccc1OCCC1CO1. The van der Waals surface area contributed by atoms with Crippen LogP contribution in [0.2, 0.25) is 0 Å². The number of nitro benzene ring substituents is 1. The first kappa shape index (κ1) is 13.4. The number of hydrogen-bond donors (Lipinski definition) is 0. The average Bonchev–Trinajstić information content (AvgIpc) is 3.21. The minimum Gasteiger partial charge on any atom is -0.490 e. The summed E-state index contributed by atoms with van der Waals surface area (Å²) in [4.78, 5) is 10.3. The molecule has 1 fully saturated rings. The zero-order chi connectivity index (χ0) is 13.7. The maximum atomic E-state index is 10.7. The third kappa shape index (κ3) is 3.96. The van der Waals surface area contributed by atoms with Gasteiger partial charge >= 0.3 is 0 Å². The fourth-order valence-electron chi connectivity index (χ4n) is 1.53. The Balaban J connectivity index is 2.04. The molecule has 2 rings (SSSR count). The molecule has 6 heteroatoms. The zero-order valence-electron chi connectivity index (χ0n) is 10.4. The van der Waals surface area contributed by atoms with Crippen LogP contribution in [0.4, 0.5) is 5.69 Å². The van der Waals surface area contributed by atoms with E-state index in [4.69, 9.17) is 14.2 Å². The number of epoxide rings is 1. The fourth-order valence-corrected chi connectivity index (χ4v) is 1.53. The summed E-state index contributed by atoms with van der Waals surface area (Å²) in [5.41, 5.74) is -0.0306. The Bertz CT molecular complexity index is 470. The molecule has 1 aliphatic rings. The monoisotopic (exact) mass is 265 g/mol. The first-order chi connectivity index (χ1) is 9.20. The quantitative estimate of drug-likeness (QED) is 0.312. The van der Waals surface area contributed by atoms with Gasteiger partial charge in [-0.05, 0) is 6.07 Å². The first-order valence-electron chi connectivity index (χ1n) is 5.97. The second-order valence-corrected chi connectivity index (χ2v) is 4.08. The molecule has 0 amide bonds. The highest BCUT2D eigenvalue weighted by atomic mass is 16.6. The van der Waals surface area contributed by atoms with Gasteiger partial charge in [-0.25, -0.2) is 0 Å². The van der Waals surface area contributed by atoms with Gasteiger partial charge in [0.2, 0.25) is 0 Å². The van der Waals surface area contributed by atoms with Crippen molar-refractivity contribution in [3.05, 3.63) is 41.0 Å². The fraction of sp³-hybridized carbons (Fsp3) is 0.385. The van der Waals surface area contributed by atoms with Gasteiger partial charge in [-0.15, -0.1) is 0 Å². The normalized spacial score (nSPS) is 16.7. The Hall–Kier alpha value is -2.08. The molecule has 0 saturated carbocycles. The number of non-ortho nitro benzene ring substituents is 1. The van der Waals surface area contributed by atoms with Gasteiger partial charge in [0.25, 0.3) is 5.69 Å². The molecule has 0 aromatic heterocycles. The summed E-state index contributed by atoms with van der Waals surface area (Å²) in [7, 11) is 0. The van der Waals surface area contributed by atoms with Crippen molar-refractivity contribution in [3.63, 3.8) is 0 Å². The van der Waals surface area contributed by atoms with Crippen molar-refractivity contribution < 1.29 is 19.1 Å². The minimum atomic E-state index is -0.470. The molecule has 1 heterocycles. The van der Waals surface area contributed by atoms with Crippen molar-refractivity contribution in [2.45, 2.75) is 12.5 Å². The van der Waals surface area contributed by atoms with E-state index in [-0.39, 0.29) is 18.4 Å². The van der Waals surface area contributed by atoms with Crippen LogP contribution in [0.15, 0.2) is 30.9 Å². The van der Waals surface area contributed by atoms with Crippen molar-refractivity contribution in [3.8, 4) is 11.5 Å². The van der Waals surface area contributed by atoms with Gasteiger partial charge in [0.05, 0.1) is 30.3 Å². The lowest BCUT2D eigenvalue weighted by Gasteiger charge is -2.11. The Morgan fingerprint density at radius 3 is 2.89 bits per heavy atom. The highest BCUT2D eigenvalue weighted by Crippen LogP contribution is 2.31. The Morgan fingerprint density at radius 1 is 1.47 bits per heavy atom. The molecule has 1 saturated heterocycles. The summed E-state index contributed by atoms with van der Waals surface area (Å²) in [5, 5.41) is 10.7. The van der Waals surface area contributed by atoms with Crippen LogP contribution in [0.5, 0.6) is 11.5 Å². The van der Waals surface area contributed by atoms with Crippen LogP contribution in [-0.2, 0) is 4.74 Å². The lowest BCUT2D eigenvalue weighted by Crippen LogP contribution is -2.04. The summed E-state index contributed by atoms with van der Waals surface area (Å²) in [5.74, 6) is 0.846. The highest BCUT2D eigenvalue weighted by Gasteiger charge is 2.22. The van der Waals surface area contributed by atoms with E-state index in [2.05, 4.69) is 6.58 Å². The van der Waals surface area contributed by atoms with Crippen molar-refractivity contribution in [2.75, 3.05) is 19.8 Å². The maximum Gasteiger partial charge on any atom is 0.273 e. The van der Waals surface area contributed by atoms with Crippen LogP contribution in [0, 0.1) is 10.1 Å². The molecule has 0 radical (unpaired) electrons. The van der Waals surface area contributed by atoms with Crippen molar-refractivity contribution >= 4 is 5.69 Å². The molecule has 0 bridgehead atoms. The average molecular weight is 265 g/mol. The Labute approximate surface area is 110 Å². The molecule has 1 atom stereocenters. The van der Waals surface area contributed by atoms with Crippen molar-refractivity contribution in [2.24, 2.45) is 0 Å². The summed E-state index contributed by atoms with van der Waals surface area (Å²) in [6.07, 6.45) is 2.66. The molecule has 1 aromatic rings. The van der Waals surface area contributed by atoms with E-state index in [0.717, 1.165) is 13.0 Å². The van der Waals surface area contributed by atoms with E-state index < -0.39 is 4.92 Å². The molecule has 1 unspecified atom stereocenters. The molecule has 0 aliphatic carbocycles. The zero-order valence-corrected chi connectivity index (χ0v) is 10.4. The molecule has 1 aromatic carbocycles. The summed E-state index contributed by atoms with van der Waals surface area (Å²) in [6.45, 7) is 5.08. The van der Waals surface area contributed by atoms with Gasteiger partial charge in [-0.1, -0.05) is 12.7 Å². The van der Waals surface area contributed by atoms with Crippen LogP contribution in [0.25, 0.3) is 0 Å². The largest absolute Gasteiger partial charge is 0.490 e. The van der Waals surface area contributed by atoms with Crippen LogP contribution in [0.1, 0.15) is 6.42 Å². The molecular formula is C13H15NO5. The topological polar surface area (TPSA) is 74.1 Å². The van der Waals surface area contributed by atoms with E-state index in [0.29, 0.717) is 18.1 Å². The summed E-state index contributed by atoms with van der Waals surface area (Å²) in [6, 6.07) is 4.29. The highest BCUT2D eigenvalue weighted by molar-refractivity contribution is 5.48. The van der Waals surface area contributed by atoms with E-state index >= 15 is 0 Å². The smallest absolute Gasteiger partial charge is 0.273 e. The molecule has 102 valence electrons. The molecular weight excluding hydrogens is 250 g/mol. The number of hydrogen-bond acceptors (Lipinski definition) is 5. The van der Waals surface area contributed by atoms with Gasteiger partial charge in [0, 0.05) is 12.5 Å². The first-order valence-corrected chi connectivity index (χ1v) is 5.97. The number of rotatable bonds is 8. The second-order valence-electron chi connectivity index (χ2n) is 4.08. The van der Waals surface area contributed by atoms with E-state index in [9.17, 15) is 10.1 Å². The van der Waals surface area contributed by atoms with Crippen LogP contribution in [0.3, 0.4) is 0 Å². The van der Waals surface area contributed by atoms with Gasteiger partial charge < -0.3 is 14.2 Å². The molecule has 0 N–H and O–H groups in total. The van der Waals surface area contributed by atoms with Crippen LogP contribution >= 0.6 is 0 Å². The van der Waals surface area contributed by atoms with Gasteiger partial charge in [0.1, 0.15) is 6.61 Å². The van der Waals surface area contributed by atoms with Crippen LogP contribution < -0.4 is 9.47 Å². The molecule has 19 heavy (non-hydrogen) atoms. The number of nitro groups is 1. The van der Waals surface area contributed by atoms with Gasteiger partial charge in [-0.3, -0.25) is 10.1 Å². The van der Waals surface area contributed by atoms with E-state index in [1.807, 2.05) is 0 Å². The van der Waals surface area contributed by atoms with Crippen molar-refractivity contribution in [1.82, 2.24) is 0 Å². The third-order valence-electron chi connectivity index (χ3n) is 2.59. The van der Waals surface area contributed by atoms with Gasteiger partial charge in [0.15, 0.2) is 11.5 Å². The predicted molar refractivity (Wildman–Crippen MR) is 68.6 cm³/mol. The molecule has 1 aliphatic heterocycles. The second kappa shape index (κ2) is 6.19. The Morgan fingerprint density at radius 2 is 2.26 bits per heavy atom. The lowest BCUT2D eigenvalue weighted by atomic mass is 10.2. The standard InChI is InChI=1S/C13H15NO5/c1-2-6-17-13-8-10(14(15)16)3-4-12(13)18-7-5-11-9-19-11/h2-4,8,11H,1,5-7,9H2.